The summed E-state index contributed by atoms with van der Waals surface area (Å²) in [6.45, 7) is 1.87. The minimum atomic E-state index is -3.24. The van der Waals surface area contributed by atoms with E-state index in [1.807, 2.05) is 36.4 Å². The molecule has 1 unspecified atom stereocenters. The first-order valence-electron chi connectivity index (χ1n) is 8.87. The molecule has 28 heavy (non-hydrogen) atoms. The minimum Gasteiger partial charge on any atom is -0.460 e. The second-order valence-corrected chi connectivity index (χ2v) is 8.86. The molecule has 5 nitrogen and oxygen atoms in total. The molecule has 0 amide bonds. The molecule has 3 rings (SSSR count). The van der Waals surface area contributed by atoms with Gasteiger partial charge in [-0.05, 0) is 52.6 Å². The predicted octanol–water partition coefficient (Wildman–Crippen LogP) is 3.58. The monoisotopic (exact) mass is 398 g/mol. The number of rotatable bonds is 6. The maximum absolute atomic E-state index is 12.4. The summed E-state index contributed by atoms with van der Waals surface area (Å²) in [5, 5.41) is 11.2. The van der Waals surface area contributed by atoms with Crippen molar-refractivity contribution in [1.29, 1.82) is 0 Å². The number of hydrogen-bond donors (Lipinski definition) is 1. The number of hydrogen-bond acceptors (Lipinski definition) is 5. The van der Waals surface area contributed by atoms with Crippen LogP contribution in [0.25, 0.3) is 10.8 Å². The number of carbonyl (C=O) groups is 1. The van der Waals surface area contributed by atoms with Crippen molar-refractivity contribution < 1.29 is 23.1 Å². The van der Waals surface area contributed by atoms with Crippen molar-refractivity contribution in [3.8, 4) is 0 Å². The Morgan fingerprint density at radius 2 is 1.57 bits per heavy atom. The molecule has 0 heterocycles. The van der Waals surface area contributed by atoms with Crippen LogP contribution in [0.15, 0.2) is 65.6 Å². The topological polar surface area (TPSA) is 80.7 Å². The average molecular weight is 398 g/mol. The first-order valence-corrected chi connectivity index (χ1v) is 10.8. The van der Waals surface area contributed by atoms with Gasteiger partial charge in [-0.3, -0.25) is 4.79 Å². The van der Waals surface area contributed by atoms with E-state index in [1.54, 1.807) is 19.1 Å². The third-order valence-electron chi connectivity index (χ3n) is 4.70. The second-order valence-electron chi connectivity index (χ2n) is 6.84. The summed E-state index contributed by atoms with van der Waals surface area (Å²) < 4.78 is 28.4. The van der Waals surface area contributed by atoms with E-state index in [0.717, 1.165) is 33.7 Å². The average Bonchev–Trinajstić information content (AvgIpc) is 2.70. The number of fused-ring (bicyclic) bond motifs is 1. The summed E-state index contributed by atoms with van der Waals surface area (Å²) in [6.07, 6.45) is 1.15. The van der Waals surface area contributed by atoms with Crippen LogP contribution in [0.2, 0.25) is 0 Å². The van der Waals surface area contributed by atoms with E-state index in [4.69, 9.17) is 4.74 Å². The molecule has 0 bridgehead atoms. The Labute approximate surface area is 164 Å². The number of ether oxygens (including phenoxy) is 1. The van der Waals surface area contributed by atoms with Crippen molar-refractivity contribution in [2.24, 2.45) is 0 Å². The standard InChI is InChI=1S/C22H22O5S/c1-15(18-7-8-19-11-17(13-23)3-6-20(19)12-18)22(24)27-14-16-4-9-21(10-5-16)28(2,25)26/h3-12,15,23H,13-14H2,1-2H3. The molecule has 0 radical (unpaired) electrons. The van der Waals surface area contributed by atoms with Crippen molar-refractivity contribution in [2.75, 3.05) is 6.26 Å². The van der Waals surface area contributed by atoms with E-state index in [9.17, 15) is 18.3 Å². The molecule has 0 fully saturated rings. The number of aliphatic hydroxyl groups is 1. The molecule has 0 aliphatic rings. The zero-order chi connectivity index (χ0) is 20.3. The zero-order valence-corrected chi connectivity index (χ0v) is 16.6. The van der Waals surface area contributed by atoms with Gasteiger partial charge in [-0.25, -0.2) is 8.42 Å². The number of aliphatic hydroxyl groups excluding tert-OH is 1. The first-order chi connectivity index (χ1) is 13.3. The highest BCUT2D eigenvalue weighted by atomic mass is 32.2. The number of carbonyl (C=O) groups excluding carboxylic acids is 1. The number of sulfone groups is 1. The Morgan fingerprint density at radius 1 is 0.964 bits per heavy atom. The van der Waals surface area contributed by atoms with Gasteiger partial charge in [0.1, 0.15) is 6.61 Å². The van der Waals surface area contributed by atoms with Crippen LogP contribution in [0.1, 0.15) is 29.5 Å². The van der Waals surface area contributed by atoms with Gasteiger partial charge in [-0.15, -0.1) is 0 Å². The molecule has 1 atom stereocenters. The fraction of sp³-hybridized carbons (Fsp3) is 0.227. The largest absolute Gasteiger partial charge is 0.460 e. The van der Waals surface area contributed by atoms with Crippen molar-refractivity contribution in [3.05, 3.63) is 77.4 Å². The van der Waals surface area contributed by atoms with Gasteiger partial charge in [-0.1, -0.05) is 42.5 Å². The Bertz CT molecular complexity index is 1100. The Kier molecular flexibility index (Phi) is 5.82. The maximum Gasteiger partial charge on any atom is 0.313 e. The maximum atomic E-state index is 12.4. The molecule has 3 aromatic carbocycles. The van der Waals surface area contributed by atoms with Crippen LogP contribution in [0.4, 0.5) is 0 Å². The van der Waals surface area contributed by atoms with Crippen LogP contribution in [0.5, 0.6) is 0 Å². The van der Waals surface area contributed by atoms with Crippen LogP contribution in [0, 0.1) is 0 Å². The molecule has 0 aliphatic heterocycles. The Hall–Kier alpha value is -2.70. The lowest BCUT2D eigenvalue weighted by Crippen LogP contribution is -2.13. The highest BCUT2D eigenvalue weighted by molar-refractivity contribution is 7.90. The fourth-order valence-electron chi connectivity index (χ4n) is 2.93. The smallest absolute Gasteiger partial charge is 0.313 e. The molecular formula is C22H22O5S. The molecule has 0 spiro atoms. The summed E-state index contributed by atoms with van der Waals surface area (Å²) >= 11 is 0. The van der Waals surface area contributed by atoms with Gasteiger partial charge in [0.15, 0.2) is 9.84 Å². The van der Waals surface area contributed by atoms with Gasteiger partial charge in [0.05, 0.1) is 17.4 Å². The molecular weight excluding hydrogens is 376 g/mol. The summed E-state index contributed by atoms with van der Waals surface area (Å²) in [5.41, 5.74) is 2.42. The molecule has 1 N–H and O–H groups in total. The van der Waals surface area contributed by atoms with E-state index in [1.165, 1.54) is 12.1 Å². The molecule has 0 saturated carbocycles. The minimum absolute atomic E-state index is 0.00835. The van der Waals surface area contributed by atoms with Gasteiger partial charge in [0.25, 0.3) is 0 Å². The molecule has 0 aliphatic carbocycles. The number of esters is 1. The third kappa shape index (κ3) is 4.58. The SMILES string of the molecule is CC(C(=O)OCc1ccc(S(C)(=O)=O)cc1)c1ccc2cc(CO)ccc2c1. The van der Waals surface area contributed by atoms with Crippen LogP contribution >= 0.6 is 0 Å². The fourth-order valence-corrected chi connectivity index (χ4v) is 3.56. The van der Waals surface area contributed by atoms with Crippen molar-refractivity contribution in [1.82, 2.24) is 0 Å². The molecule has 0 saturated heterocycles. The van der Waals surface area contributed by atoms with E-state index < -0.39 is 15.8 Å². The lowest BCUT2D eigenvalue weighted by molar-refractivity contribution is -0.146. The van der Waals surface area contributed by atoms with E-state index in [-0.39, 0.29) is 24.1 Å². The van der Waals surface area contributed by atoms with Crippen LogP contribution in [-0.2, 0) is 32.6 Å². The summed E-state index contributed by atoms with van der Waals surface area (Å²) in [5.74, 6) is -0.782. The Balaban J connectivity index is 1.68. The lowest BCUT2D eigenvalue weighted by atomic mass is 9.97. The first kappa shape index (κ1) is 20.0. The summed E-state index contributed by atoms with van der Waals surface area (Å²) in [6, 6.07) is 17.8. The van der Waals surface area contributed by atoms with Crippen molar-refractivity contribution in [2.45, 2.75) is 31.0 Å². The van der Waals surface area contributed by atoms with E-state index >= 15 is 0 Å². The van der Waals surface area contributed by atoms with Crippen LogP contribution in [-0.4, -0.2) is 25.7 Å². The highest BCUT2D eigenvalue weighted by Gasteiger charge is 2.17. The molecule has 146 valence electrons. The van der Waals surface area contributed by atoms with Gasteiger partial charge >= 0.3 is 5.97 Å². The van der Waals surface area contributed by atoms with Crippen molar-refractivity contribution >= 4 is 26.6 Å². The van der Waals surface area contributed by atoms with Gasteiger partial charge in [-0.2, -0.15) is 0 Å². The molecule has 0 aromatic heterocycles. The lowest BCUT2D eigenvalue weighted by Gasteiger charge is -2.13. The second kappa shape index (κ2) is 8.12. The van der Waals surface area contributed by atoms with E-state index in [0.29, 0.717) is 0 Å². The summed E-state index contributed by atoms with van der Waals surface area (Å²) in [4.78, 5) is 12.7. The Morgan fingerprint density at radius 3 is 2.21 bits per heavy atom. The van der Waals surface area contributed by atoms with Gasteiger partial charge < -0.3 is 9.84 Å². The number of benzene rings is 3. The van der Waals surface area contributed by atoms with Gasteiger partial charge in [0, 0.05) is 6.26 Å². The van der Waals surface area contributed by atoms with Crippen LogP contribution in [0.3, 0.4) is 0 Å². The quantitative estimate of drug-likeness (QED) is 0.642. The summed E-state index contributed by atoms with van der Waals surface area (Å²) in [7, 11) is -3.24. The molecule has 6 heteroatoms. The molecule has 3 aromatic rings. The predicted molar refractivity (Wildman–Crippen MR) is 108 cm³/mol. The van der Waals surface area contributed by atoms with Gasteiger partial charge in [0.2, 0.25) is 0 Å². The van der Waals surface area contributed by atoms with E-state index in [2.05, 4.69) is 0 Å². The zero-order valence-electron chi connectivity index (χ0n) is 15.8. The third-order valence-corrected chi connectivity index (χ3v) is 5.83. The highest BCUT2D eigenvalue weighted by Crippen LogP contribution is 2.24. The normalized spacial score (nSPS) is 12.7. The van der Waals surface area contributed by atoms with Crippen molar-refractivity contribution in [3.63, 3.8) is 0 Å². The van der Waals surface area contributed by atoms with Crippen LogP contribution < -0.4 is 0 Å².